The molecule has 2 unspecified atom stereocenters. The fourth-order valence-corrected chi connectivity index (χ4v) is 3.48. The van der Waals surface area contributed by atoms with Crippen LogP contribution in [0.1, 0.15) is 19.3 Å². The number of para-hydroxylation sites is 1. The largest absolute Gasteiger partial charge is 0.384 e. The number of hydrogen-bond acceptors (Lipinski definition) is 2. The number of nitrogens with one attached hydrogen (secondary N) is 1. The van der Waals surface area contributed by atoms with Gasteiger partial charge in [0.1, 0.15) is 0 Å². The fourth-order valence-electron chi connectivity index (χ4n) is 3.08. The van der Waals surface area contributed by atoms with Gasteiger partial charge in [-0.1, -0.05) is 24.6 Å². The van der Waals surface area contributed by atoms with Crippen LogP contribution in [0.5, 0.6) is 0 Å². The Labute approximate surface area is 119 Å². The molecule has 2 atom stereocenters. The maximum atomic E-state index is 6.04. The highest BCUT2D eigenvalue weighted by molar-refractivity contribution is 6.18. The number of nitrogens with zero attached hydrogens (tertiary/aromatic N) is 1. The minimum Gasteiger partial charge on any atom is -0.384 e. The lowest BCUT2D eigenvalue weighted by Crippen LogP contribution is -2.19. The van der Waals surface area contributed by atoms with E-state index in [0.29, 0.717) is 11.8 Å². The molecule has 2 aromatic rings. The zero-order valence-electron chi connectivity index (χ0n) is 11.0. The standard InChI is InChI=1S/C16H19ClN2/c17-10-12-4-3-5-13(12)11-19-16-8-9-18-15-7-2-1-6-14(15)16/h1-2,6-9,12-13H,3-5,10-11H2,(H,18,19). The van der Waals surface area contributed by atoms with Gasteiger partial charge in [0.25, 0.3) is 0 Å². The summed E-state index contributed by atoms with van der Waals surface area (Å²) in [5, 5.41) is 4.79. The second kappa shape index (κ2) is 5.79. The molecule has 100 valence electrons. The highest BCUT2D eigenvalue weighted by atomic mass is 35.5. The van der Waals surface area contributed by atoms with Gasteiger partial charge < -0.3 is 5.32 Å². The Morgan fingerprint density at radius 2 is 2.00 bits per heavy atom. The lowest BCUT2D eigenvalue weighted by molar-refractivity contribution is 0.444. The van der Waals surface area contributed by atoms with Gasteiger partial charge in [-0.05, 0) is 36.8 Å². The molecule has 1 aromatic carbocycles. The first-order valence-corrected chi connectivity index (χ1v) is 7.55. The van der Waals surface area contributed by atoms with Gasteiger partial charge in [0.05, 0.1) is 5.52 Å². The molecular weight excluding hydrogens is 256 g/mol. The minimum atomic E-state index is 0.683. The fraction of sp³-hybridized carbons (Fsp3) is 0.438. The molecule has 0 amide bonds. The van der Waals surface area contributed by atoms with Crippen molar-refractivity contribution in [3.05, 3.63) is 36.5 Å². The van der Waals surface area contributed by atoms with Crippen molar-refractivity contribution in [3.8, 4) is 0 Å². The zero-order valence-corrected chi connectivity index (χ0v) is 11.7. The van der Waals surface area contributed by atoms with Crippen molar-refractivity contribution in [2.45, 2.75) is 19.3 Å². The van der Waals surface area contributed by atoms with E-state index in [2.05, 4.69) is 34.6 Å². The molecule has 1 aromatic heterocycles. The summed E-state index contributed by atoms with van der Waals surface area (Å²) >= 11 is 6.04. The van der Waals surface area contributed by atoms with Gasteiger partial charge >= 0.3 is 0 Å². The van der Waals surface area contributed by atoms with Gasteiger partial charge in [-0.25, -0.2) is 0 Å². The van der Waals surface area contributed by atoms with Crippen molar-refractivity contribution in [1.29, 1.82) is 0 Å². The van der Waals surface area contributed by atoms with Crippen LogP contribution >= 0.6 is 11.6 Å². The second-order valence-electron chi connectivity index (χ2n) is 5.36. The number of hydrogen-bond donors (Lipinski definition) is 1. The summed E-state index contributed by atoms with van der Waals surface area (Å²) in [6.45, 7) is 1.02. The number of fused-ring (bicyclic) bond motifs is 1. The second-order valence-corrected chi connectivity index (χ2v) is 5.67. The topological polar surface area (TPSA) is 24.9 Å². The van der Waals surface area contributed by atoms with Crippen LogP contribution in [-0.2, 0) is 0 Å². The van der Waals surface area contributed by atoms with E-state index in [1.165, 1.54) is 30.3 Å². The van der Waals surface area contributed by atoms with Crippen molar-refractivity contribution in [2.24, 2.45) is 11.8 Å². The molecule has 0 bridgehead atoms. The van der Waals surface area contributed by atoms with Crippen LogP contribution < -0.4 is 5.32 Å². The predicted molar refractivity (Wildman–Crippen MR) is 81.8 cm³/mol. The molecule has 1 saturated carbocycles. The number of anilines is 1. The van der Waals surface area contributed by atoms with E-state index in [1.54, 1.807) is 0 Å². The first-order chi connectivity index (χ1) is 9.38. The lowest BCUT2D eigenvalue weighted by Gasteiger charge is -2.19. The lowest BCUT2D eigenvalue weighted by atomic mass is 9.98. The highest BCUT2D eigenvalue weighted by Crippen LogP contribution is 2.33. The van der Waals surface area contributed by atoms with E-state index >= 15 is 0 Å². The molecule has 0 saturated heterocycles. The van der Waals surface area contributed by atoms with Crippen molar-refractivity contribution in [2.75, 3.05) is 17.7 Å². The van der Waals surface area contributed by atoms with Crippen LogP contribution in [0.3, 0.4) is 0 Å². The maximum Gasteiger partial charge on any atom is 0.0722 e. The van der Waals surface area contributed by atoms with Crippen LogP contribution in [0.15, 0.2) is 36.5 Å². The average molecular weight is 275 g/mol. The molecular formula is C16H19ClN2. The molecule has 3 heteroatoms. The van der Waals surface area contributed by atoms with Gasteiger partial charge in [-0.2, -0.15) is 0 Å². The number of halogens is 1. The van der Waals surface area contributed by atoms with Crippen LogP contribution in [0, 0.1) is 11.8 Å². The molecule has 3 rings (SSSR count). The minimum absolute atomic E-state index is 0.683. The van der Waals surface area contributed by atoms with Gasteiger partial charge in [0.2, 0.25) is 0 Å². The van der Waals surface area contributed by atoms with E-state index in [4.69, 9.17) is 11.6 Å². The predicted octanol–water partition coefficient (Wildman–Crippen LogP) is 4.30. The van der Waals surface area contributed by atoms with Gasteiger partial charge in [-0.3, -0.25) is 4.98 Å². The number of benzene rings is 1. The van der Waals surface area contributed by atoms with Gasteiger partial charge in [0, 0.05) is 29.7 Å². The summed E-state index contributed by atoms with van der Waals surface area (Å²) in [5.74, 6) is 2.19. The molecule has 0 aliphatic heterocycles. The summed E-state index contributed by atoms with van der Waals surface area (Å²) in [5.41, 5.74) is 2.23. The smallest absolute Gasteiger partial charge is 0.0722 e. The third-order valence-corrected chi connectivity index (χ3v) is 4.61. The van der Waals surface area contributed by atoms with Crippen LogP contribution in [-0.4, -0.2) is 17.4 Å². The van der Waals surface area contributed by atoms with E-state index in [0.717, 1.165) is 17.9 Å². The van der Waals surface area contributed by atoms with E-state index in [1.807, 2.05) is 12.3 Å². The summed E-state index contributed by atoms with van der Waals surface area (Å²) in [4.78, 5) is 4.39. The number of alkyl halides is 1. The number of pyridine rings is 1. The van der Waals surface area contributed by atoms with Crippen molar-refractivity contribution >= 4 is 28.2 Å². The molecule has 1 fully saturated rings. The van der Waals surface area contributed by atoms with E-state index in [-0.39, 0.29) is 0 Å². The summed E-state index contributed by atoms with van der Waals surface area (Å²) in [7, 11) is 0. The molecule has 1 aliphatic carbocycles. The van der Waals surface area contributed by atoms with E-state index in [9.17, 15) is 0 Å². The Morgan fingerprint density at radius 3 is 2.89 bits per heavy atom. The molecule has 19 heavy (non-hydrogen) atoms. The molecule has 0 radical (unpaired) electrons. The normalized spacial score (nSPS) is 22.8. The zero-order chi connectivity index (χ0) is 13.1. The maximum absolute atomic E-state index is 6.04. The number of aromatic nitrogens is 1. The van der Waals surface area contributed by atoms with Crippen LogP contribution in [0.25, 0.3) is 10.9 Å². The summed E-state index contributed by atoms with van der Waals surface area (Å²) < 4.78 is 0. The Bertz CT molecular complexity index is 550. The molecule has 1 heterocycles. The van der Waals surface area contributed by atoms with Gasteiger partial charge in [0.15, 0.2) is 0 Å². The third-order valence-electron chi connectivity index (χ3n) is 4.22. The molecule has 1 aliphatic rings. The SMILES string of the molecule is ClCC1CCCC1CNc1ccnc2ccccc12. The van der Waals surface area contributed by atoms with E-state index < -0.39 is 0 Å². The number of rotatable bonds is 4. The Kier molecular flexibility index (Phi) is 3.88. The Balaban J connectivity index is 1.75. The van der Waals surface area contributed by atoms with Crippen LogP contribution in [0.2, 0.25) is 0 Å². The van der Waals surface area contributed by atoms with Crippen LogP contribution in [0.4, 0.5) is 5.69 Å². The first kappa shape index (κ1) is 12.7. The Morgan fingerprint density at radius 1 is 1.16 bits per heavy atom. The monoisotopic (exact) mass is 274 g/mol. The first-order valence-electron chi connectivity index (χ1n) is 7.02. The highest BCUT2D eigenvalue weighted by Gasteiger charge is 2.26. The third kappa shape index (κ3) is 2.69. The molecule has 2 nitrogen and oxygen atoms in total. The van der Waals surface area contributed by atoms with Crippen molar-refractivity contribution < 1.29 is 0 Å². The molecule has 0 spiro atoms. The van der Waals surface area contributed by atoms with Gasteiger partial charge in [-0.15, -0.1) is 11.6 Å². The quantitative estimate of drug-likeness (QED) is 0.841. The molecule has 1 N–H and O–H groups in total. The summed E-state index contributed by atoms with van der Waals surface area (Å²) in [6.07, 6.45) is 5.78. The Hall–Kier alpha value is -1.28. The van der Waals surface area contributed by atoms with Crippen molar-refractivity contribution in [3.63, 3.8) is 0 Å². The summed E-state index contributed by atoms with van der Waals surface area (Å²) in [6, 6.07) is 10.3. The average Bonchev–Trinajstić information content (AvgIpc) is 2.92. The van der Waals surface area contributed by atoms with Crippen molar-refractivity contribution in [1.82, 2.24) is 4.98 Å².